The fourth-order valence-corrected chi connectivity index (χ4v) is 2.68. The monoisotopic (exact) mass is 382 g/mol. The molecule has 9 heteroatoms. The number of benzene rings is 2. The standard InChI is InChI=1S/C19H15FN4O4/c20-12-5-7-13(8-6-12)24-11-21-9-14(24)18(25)22-23-19(26)17-10-27-15-3-1-2-4-16(15)28-17/h1-9,11,17H,10H2,(H,22,25)(H,23,26). The number of carbonyl (C=O) groups is 2. The highest BCUT2D eigenvalue weighted by Crippen LogP contribution is 2.30. The minimum Gasteiger partial charge on any atom is -0.485 e. The number of aromatic nitrogens is 2. The van der Waals surface area contributed by atoms with Crippen molar-refractivity contribution in [1.82, 2.24) is 20.4 Å². The molecule has 0 spiro atoms. The largest absolute Gasteiger partial charge is 0.485 e. The lowest BCUT2D eigenvalue weighted by Crippen LogP contribution is -2.51. The third kappa shape index (κ3) is 3.50. The first-order valence-electron chi connectivity index (χ1n) is 8.39. The number of para-hydroxylation sites is 2. The first kappa shape index (κ1) is 17.5. The Hall–Kier alpha value is -3.88. The van der Waals surface area contributed by atoms with Gasteiger partial charge in [-0.05, 0) is 36.4 Å². The van der Waals surface area contributed by atoms with Crippen LogP contribution in [0.4, 0.5) is 4.39 Å². The van der Waals surface area contributed by atoms with Crippen molar-refractivity contribution in [3.63, 3.8) is 0 Å². The second-order valence-corrected chi connectivity index (χ2v) is 5.93. The number of hydrazine groups is 1. The first-order valence-corrected chi connectivity index (χ1v) is 8.39. The third-order valence-corrected chi connectivity index (χ3v) is 4.08. The number of halogens is 1. The zero-order chi connectivity index (χ0) is 19.5. The van der Waals surface area contributed by atoms with E-state index in [1.54, 1.807) is 24.3 Å². The number of fused-ring (bicyclic) bond motifs is 1. The molecule has 0 saturated heterocycles. The van der Waals surface area contributed by atoms with Crippen LogP contribution in [0.1, 0.15) is 10.5 Å². The quantitative estimate of drug-likeness (QED) is 0.672. The number of hydrogen-bond acceptors (Lipinski definition) is 5. The van der Waals surface area contributed by atoms with Crippen LogP contribution in [0.3, 0.4) is 0 Å². The lowest BCUT2D eigenvalue weighted by atomic mass is 10.2. The molecule has 0 bridgehead atoms. The molecule has 0 saturated carbocycles. The number of nitrogens with one attached hydrogen (secondary N) is 2. The van der Waals surface area contributed by atoms with Gasteiger partial charge in [-0.15, -0.1) is 0 Å². The average molecular weight is 382 g/mol. The van der Waals surface area contributed by atoms with Crippen molar-refractivity contribution in [2.24, 2.45) is 0 Å². The summed E-state index contributed by atoms with van der Waals surface area (Å²) in [6.45, 7) is 0.0201. The highest BCUT2D eigenvalue weighted by atomic mass is 19.1. The molecule has 2 amide bonds. The van der Waals surface area contributed by atoms with Crippen molar-refractivity contribution in [2.45, 2.75) is 6.10 Å². The van der Waals surface area contributed by atoms with E-state index in [0.717, 1.165) is 0 Å². The zero-order valence-electron chi connectivity index (χ0n) is 14.5. The van der Waals surface area contributed by atoms with Crippen molar-refractivity contribution in [3.05, 3.63) is 72.6 Å². The van der Waals surface area contributed by atoms with E-state index < -0.39 is 23.7 Å². The number of hydrogen-bond donors (Lipinski definition) is 2. The molecule has 8 nitrogen and oxygen atoms in total. The average Bonchev–Trinajstić information content (AvgIpc) is 3.22. The maximum Gasteiger partial charge on any atom is 0.288 e. The topological polar surface area (TPSA) is 94.5 Å². The third-order valence-electron chi connectivity index (χ3n) is 4.08. The van der Waals surface area contributed by atoms with Gasteiger partial charge in [-0.2, -0.15) is 0 Å². The highest BCUT2D eigenvalue weighted by molar-refractivity contribution is 5.94. The van der Waals surface area contributed by atoms with Gasteiger partial charge in [0.1, 0.15) is 18.1 Å². The van der Waals surface area contributed by atoms with Crippen molar-refractivity contribution < 1.29 is 23.5 Å². The van der Waals surface area contributed by atoms with E-state index in [0.29, 0.717) is 17.2 Å². The van der Waals surface area contributed by atoms with Gasteiger partial charge in [-0.1, -0.05) is 12.1 Å². The SMILES string of the molecule is O=C(NNC(=O)C1COc2ccccc2O1)c1cncn1-c1ccc(F)cc1. The van der Waals surface area contributed by atoms with Crippen LogP contribution in [0.5, 0.6) is 11.5 Å². The van der Waals surface area contributed by atoms with Gasteiger partial charge in [0.2, 0.25) is 6.10 Å². The number of nitrogens with zero attached hydrogens (tertiary/aromatic N) is 2. The molecule has 0 radical (unpaired) electrons. The van der Waals surface area contributed by atoms with Crippen molar-refractivity contribution in [1.29, 1.82) is 0 Å². The summed E-state index contributed by atoms with van der Waals surface area (Å²) in [5.41, 5.74) is 5.35. The summed E-state index contributed by atoms with van der Waals surface area (Å²) in [5, 5.41) is 0. The minimum atomic E-state index is -0.905. The molecule has 1 aliphatic heterocycles. The summed E-state index contributed by atoms with van der Waals surface area (Å²) >= 11 is 0. The van der Waals surface area contributed by atoms with E-state index >= 15 is 0 Å². The van der Waals surface area contributed by atoms with Gasteiger partial charge < -0.3 is 9.47 Å². The molecule has 1 atom stereocenters. The van der Waals surface area contributed by atoms with Crippen LogP contribution in [0.25, 0.3) is 5.69 Å². The molecular formula is C19H15FN4O4. The Morgan fingerprint density at radius 2 is 1.82 bits per heavy atom. The van der Waals surface area contributed by atoms with Crippen LogP contribution in [-0.4, -0.2) is 34.1 Å². The van der Waals surface area contributed by atoms with Crippen LogP contribution in [0.2, 0.25) is 0 Å². The lowest BCUT2D eigenvalue weighted by molar-refractivity contribution is -0.131. The van der Waals surface area contributed by atoms with Crippen LogP contribution in [0.15, 0.2) is 61.1 Å². The summed E-state index contributed by atoms with van der Waals surface area (Å²) in [4.78, 5) is 28.6. The highest BCUT2D eigenvalue weighted by Gasteiger charge is 2.27. The Kier molecular flexibility index (Phi) is 4.63. The Morgan fingerprint density at radius 1 is 1.07 bits per heavy atom. The summed E-state index contributed by atoms with van der Waals surface area (Å²) in [6, 6.07) is 12.6. The predicted octanol–water partition coefficient (Wildman–Crippen LogP) is 1.61. The van der Waals surface area contributed by atoms with E-state index in [-0.39, 0.29) is 12.3 Å². The number of rotatable bonds is 3. The predicted molar refractivity (Wildman–Crippen MR) is 95.5 cm³/mol. The van der Waals surface area contributed by atoms with Gasteiger partial charge in [-0.3, -0.25) is 25.0 Å². The molecular weight excluding hydrogens is 367 g/mol. The van der Waals surface area contributed by atoms with Gasteiger partial charge in [0.05, 0.1) is 12.5 Å². The van der Waals surface area contributed by atoms with Crippen molar-refractivity contribution >= 4 is 11.8 Å². The molecule has 28 heavy (non-hydrogen) atoms. The van der Waals surface area contributed by atoms with E-state index in [4.69, 9.17) is 9.47 Å². The fraction of sp³-hybridized carbons (Fsp3) is 0.105. The van der Waals surface area contributed by atoms with Gasteiger partial charge in [0.15, 0.2) is 11.5 Å². The Morgan fingerprint density at radius 3 is 2.61 bits per heavy atom. The second-order valence-electron chi connectivity index (χ2n) is 5.93. The summed E-state index contributed by atoms with van der Waals surface area (Å²) in [7, 11) is 0. The van der Waals surface area contributed by atoms with Crippen LogP contribution in [0, 0.1) is 5.82 Å². The van der Waals surface area contributed by atoms with E-state index in [1.165, 1.54) is 41.4 Å². The van der Waals surface area contributed by atoms with Gasteiger partial charge in [0.25, 0.3) is 11.8 Å². The number of ether oxygens (including phenoxy) is 2. The minimum absolute atomic E-state index is 0.0201. The molecule has 2 heterocycles. The van der Waals surface area contributed by atoms with E-state index in [2.05, 4.69) is 15.8 Å². The van der Waals surface area contributed by atoms with Crippen LogP contribution in [-0.2, 0) is 4.79 Å². The smallest absolute Gasteiger partial charge is 0.288 e. The molecule has 1 unspecified atom stereocenters. The zero-order valence-corrected chi connectivity index (χ0v) is 14.5. The molecule has 1 aromatic heterocycles. The van der Waals surface area contributed by atoms with E-state index in [9.17, 15) is 14.0 Å². The number of carbonyl (C=O) groups excluding carboxylic acids is 2. The van der Waals surface area contributed by atoms with E-state index in [1.807, 2.05) is 0 Å². The van der Waals surface area contributed by atoms with Gasteiger partial charge in [-0.25, -0.2) is 9.37 Å². The maximum absolute atomic E-state index is 13.1. The van der Waals surface area contributed by atoms with Crippen molar-refractivity contribution in [2.75, 3.05) is 6.61 Å². The lowest BCUT2D eigenvalue weighted by Gasteiger charge is -2.25. The second kappa shape index (κ2) is 7.39. The molecule has 1 aliphatic rings. The fourth-order valence-electron chi connectivity index (χ4n) is 2.68. The normalized spacial score (nSPS) is 15.0. The summed E-state index contributed by atoms with van der Waals surface area (Å²) in [6.07, 6.45) is 1.84. The molecule has 142 valence electrons. The van der Waals surface area contributed by atoms with Gasteiger partial charge >= 0.3 is 0 Å². The summed E-state index contributed by atoms with van der Waals surface area (Å²) < 4.78 is 25.6. The summed E-state index contributed by atoms with van der Waals surface area (Å²) in [5.74, 6) is -0.533. The number of amides is 2. The molecule has 4 rings (SSSR count). The molecule has 0 aliphatic carbocycles. The first-order chi connectivity index (χ1) is 13.6. The molecule has 3 aromatic rings. The Bertz CT molecular complexity index is 1020. The Labute approximate surface area is 158 Å². The molecule has 2 aromatic carbocycles. The van der Waals surface area contributed by atoms with Crippen LogP contribution < -0.4 is 20.3 Å². The maximum atomic E-state index is 13.1. The van der Waals surface area contributed by atoms with Crippen LogP contribution >= 0.6 is 0 Å². The molecule has 0 fully saturated rings. The van der Waals surface area contributed by atoms with Gasteiger partial charge in [0, 0.05) is 5.69 Å². The number of imidazole rings is 1. The molecule has 2 N–H and O–H groups in total. The van der Waals surface area contributed by atoms with Crippen molar-refractivity contribution in [3.8, 4) is 17.2 Å². The Balaban J connectivity index is 1.40.